The molecule has 0 aromatic carbocycles. The van der Waals surface area contributed by atoms with Crippen LogP contribution in [0.1, 0.15) is 25.0 Å². The Morgan fingerprint density at radius 2 is 2.06 bits per heavy atom. The Morgan fingerprint density at radius 1 is 1.28 bits per heavy atom. The van der Waals surface area contributed by atoms with Crippen molar-refractivity contribution in [2.24, 2.45) is 0 Å². The van der Waals surface area contributed by atoms with E-state index in [1.54, 1.807) is 0 Å². The highest BCUT2D eigenvalue weighted by Crippen LogP contribution is 2.20. The first-order valence-corrected chi connectivity index (χ1v) is 5.77. The van der Waals surface area contributed by atoms with Crippen molar-refractivity contribution >= 4 is 0 Å². The third kappa shape index (κ3) is 4.87. The fourth-order valence-electron chi connectivity index (χ4n) is 1.32. The van der Waals surface area contributed by atoms with Crippen molar-refractivity contribution in [1.82, 2.24) is 15.3 Å². The van der Waals surface area contributed by atoms with E-state index in [-0.39, 0.29) is 5.88 Å². The summed E-state index contributed by atoms with van der Waals surface area (Å²) >= 11 is 0. The molecule has 1 N–H and O–H groups in total. The fraction of sp³-hybridized carbons (Fsp3) is 0.636. The van der Waals surface area contributed by atoms with Gasteiger partial charge in [-0.15, -0.1) is 0 Å². The maximum absolute atomic E-state index is 11.9. The summed E-state index contributed by atoms with van der Waals surface area (Å²) in [6.45, 7) is 0.193. The molecule has 1 aromatic rings. The molecule has 7 heteroatoms. The Kier molecular flexibility index (Phi) is 4.00. The second-order valence-electron chi connectivity index (χ2n) is 4.21. The topological polar surface area (TPSA) is 47.0 Å². The number of alkyl halides is 3. The van der Waals surface area contributed by atoms with E-state index in [0.29, 0.717) is 12.6 Å². The first kappa shape index (κ1) is 13.1. The molecule has 2 rings (SSSR count). The molecule has 0 unspecified atom stereocenters. The minimum atomic E-state index is -4.21. The van der Waals surface area contributed by atoms with Crippen molar-refractivity contribution in [3.05, 3.63) is 18.1 Å². The number of hydrogen-bond donors (Lipinski definition) is 1. The van der Waals surface area contributed by atoms with E-state index in [0.717, 1.165) is 5.69 Å². The summed E-state index contributed by atoms with van der Waals surface area (Å²) in [5.41, 5.74) is 0.755. The second-order valence-corrected chi connectivity index (χ2v) is 4.21. The minimum absolute atomic E-state index is 0.120. The van der Waals surface area contributed by atoms with Gasteiger partial charge in [0.1, 0.15) is 0 Å². The van der Waals surface area contributed by atoms with Crippen molar-refractivity contribution in [2.75, 3.05) is 6.61 Å². The normalized spacial score (nSPS) is 15.7. The van der Waals surface area contributed by atoms with Crippen LogP contribution in [0.15, 0.2) is 12.4 Å². The highest BCUT2D eigenvalue weighted by Gasteiger charge is 2.26. The number of nitrogens with one attached hydrogen (secondary N) is 1. The summed E-state index contributed by atoms with van der Waals surface area (Å²) in [5, 5.41) is 3.26. The summed E-state index contributed by atoms with van der Waals surface area (Å²) in [6, 6.07) is 0.578. The number of aromatic nitrogens is 2. The lowest BCUT2D eigenvalue weighted by molar-refractivity contribution is -0.139. The lowest BCUT2D eigenvalue weighted by Crippen LogP contribution is -2.16. The third-order valence-corrected chi connectivity index (χ3v) is 2.47. The van der Waals surface area contributed by atoms with Crippen molar-refractivity contribution in [1.29, 1.82) is 0 Å². The molecular weight excluding hydrogens is 247 g/mol. The standard InChI is InChI=1S/C11H14F3N3O/c12-11(13,14)3-4-18-10-7-16-9(6-17-10)5-15-8-1-2-8/h6-8,15H,1-5H2. The molecule has 0 spiro atoms. The molecule has 4 nitrogen and oxygen atoms in total. The van der Waals surface area contributed by atoms with Gasteiger partial charge in [-0.3, -0.25) is 4.98 Å². The zero-order chi connectivity index (χ0) is 13.0. The second kappa shape index (κ2) is 5.51. The molecule has 1 heterocycles. The van der Waals surface area contributed by atoms with Gasteiger partial charge in [0.05, 0.1) is 31.1 Å². The van der Waals surface area contributed by atoms with Crippen LogP contribution in [0.3, 0.4) is 0 Å². The molecule has 1 fully saturated rings. The predicted octanol–water partition coefficient (Wildman–Crippen LogP) is 2.06. The molecule has 100 valence electrons. The number of rotatable bonds is 6. The molecule has 0 amide bonds. The van der Waals surface area contributed by atoms with E-state index < -0.39 is 19.2 Å². The van der Waals surface area contributed by atoms with E-state index in [1.165, 1.54) is 25.2 Å². The Morgan fingerprint density at radius 3 is 2.61 bits per heavy atom. The lowest BCUT2D eigenvalue weighted by Gasteiger charge is -2.08. The van der Waals surface area contributed by atoms with Crippen LogP contribution in [-0.2, 0) is 6.54 Å². The van der Waals surface area contributed by atoms with Gasteiger partial charge in [0.15, 0.2) is 0 Å². The molecule has 1 aromatic heterocycles. The smallest absolute Gasteiger partial charge is 0.392 e. The maximum Gasteiger partial charge on any atom is 0.392 e. The van der Waals surface area contributed by atoms with E-state index in [4.69, 9.17) is 4.74 Å². The van der Waals surface area contributed by atoms with Gasteiger partial charge in [-0.05, 0) is 12.8 Å². The monoisotopic (exact) mass is 261 g/mol. The van der Waals surface area contributed by atoms with Gasteiger partial charge >= 0.3 is 6.18 Å². The van der Waals surface area contributed by atoms with E-state index in [1.807, 2.05) is 0 Å². The zero-order valence-corrected chi connectivity index (χ0v) is 9.70. The third-order valence-electron chi connectivity index (χ3n) is 2.47. The summed E-state index contributed by atoms with van der Waals surface area (Å²) in [7, 11) is 0. The van der Waals surface area contributed by atoms with Gasteiger partial charge in [-0.2, -0.15) is 13.2 Å². The van der Waals surface area contributed by atoms with Crippen LogP contribution in [-0.4, -0.2) is 28.8 Å². The zero-order valence-electron chi connectivity index (χ0n) is 9.70. The Labute approximate surface area is 103 Å². The van der Waals surface area contributed by atoms with Crippen LogP contribution in [0.4, 0.5) is 13.2 Å². The maximum atomic E-state index is 11.9. The summed E-state index contributed by atoms with van der Waals surface area (Å²) in [5.74, 6) is 0.120. The van der Waals surface area contributed by atoms with Crippen LogP contribution < -0.4 is 10.1 Å². The molecule has 0 saturated heterocycles. The molecule has 1 saturated carbocycles. The SMILES string of the molecule is FC(F)(F)CCOc1cnc(CNC2CC2)cn1. The minimum Gasteiger partial charge on any atom is -0.476 e. The highest BCUT2D eigenvalue weighted by atomic mass is 19.4. The molecule has 0 radical (unpaired) electrons. The van der Waals surface area contributed by atoms with Crippen molar-refractivity contribution in [2.45, 2.75) is 38.0 Å². The predicted molar refractivity (Wildman–Crippen MR) is 58.1 cm³/mol. The Balaban J connectivity index is 1.72. The Hall–Kier alpha value is -1.37. The molecule has 0 aliphatic heterocycles. The van der Waals surface area contributed by atoms with Gasteiger partial charge in [-0.25, -0.2) is 4.98 Å². The van der Waals surface area contributed by atoms with Gasteiger partial charge in [-0.1, -0.05) is 0 Å². The van der Waals surface area contributed by atoms with Crippen LogP contribution in [0, 0.1) is 0 Å². The van der Waals surface area contributed by atoms with Crippen LogP contribution in [0.5, 0.6) is 5.88 Å². The summed E-state index contributed by atoms with van der Waals surface area (Å²) < 4.78 is 40.5. The number of hydrogen-bond acceptors (Lipinski definition) is 4. The van der Waals surface area contributed by atoms with Crippen LogP contribution in [0.2, 0.25) is 0 Å². The molecule has 18 heavy (non-hydrogen) atoms. The number of nitrogens with zero attached hydrogens (tertiary/aromatic N) is 2. The van der Waals surface area contributed by atoms with Gasteiger partial charge in [0.25, 0.3) is 0 Å². The van der Waals surface area contributed by atoms with Crippen molar-refractivity contribution in [3.8, 4) is 5.88 Å². The van der Waals surface area contributed by atoms with Gasteiger partial charge < -0.3 is 10.1 Å². The number of halogens is 3. The number of ether oxygens (including phenoxy) is 1. The van der Waals surface area contributed by atoms with E-state index in [9.17, 15) is 13.2 Å². The largest absolute Gasteiger partial charge is 0.476 e. The Bertz CT molecular complexity index is 376. The van der Waals surface area contributed by atoms with Crippen LogP contribution >= 0.6 is 0 Å². The average Bonchev–Trinajstić information content (AvgIpc) is 3.10. The lowest BCUT2D eigenvalue weighted by atomic mass is 10.4. The summed E-state index contributed by atoms with van der Waals surface area (Å²) in [4.78, 5) is 7.97. The first-order valence-electron chi connectivity index (χ1n) is 5.77. The quantitative estimate of drug-likeness (QED) is 0.851. The molecule has 1 aliphatic rings. The van der Waals surface area contributed by atoms with Crippen molar-refractivity contribution < 1.29 is 17.9 Å². The van der Waals surface area contributed by atoms with E-state index in [2.05, 4.69) is 15.3 Å². The van der Waals surface area contributed by atoms with Gasteiger partial charge in [0, 0.05) is 12.6 Å². The molecule has 1 aliphatic carbocycles. The highest BCUT2D eigenvalue weighted by molar-refractivity contribution is 5.07. The molecule has 0 bridgehead atoms. The molecular formula is C11H14F3N3O. The molecule has 0 atom stereocenters. The fourth-order valence-corrected chi connectivity index (χ4v) is 1.32. The van der Waals surface area contributed by atoms with Gasteiger partial charge in [0.2, 0.25) is 5.88 Å². The van der Waals surface area contributed by atoms with Crippen molar-refractivity contribution in [3.63, 3.8) is 0 Å². The van der Waals surface area contributed by atoms with E-state index >= 15 is 0 Å². The van der Waals surface area contributed by atoms with Crippen LogP contribution in [0.25, 0.3) is 0 Å². The average molecular weight is 261 g/mol. The first-order chi connectivity index (χ1) is 8.53. The summed E-state index contributed by atoms with van der Waals surface area (Å²) in [6.07, 6.45) is 0.0396.